The number of H-pyrrole nitrogens is 2. The fourth-order valence-electron chi connectivity index (χ4n) is 1.47. The van der Waals surface area contributed by atoms with Crippen LogP contribution < -0.4 is 10.9 Å². The van der Waals surface area contributed by atoms with Crippen molar-refractivity contribution in [1.29, 1.82) is 0 Å². The predicted molar refractivity (Wildman–Crippen MR) is 67.7 cm³/mol. The number of nitrogens with zero attached hydrogens (tertiary/aromatic N) is 1. The topological polar surface area (TPSA) is 90.6 Å². The minimum atomic E-state index is -0.358. The number of hydrogen-bond donors (Lipinski definition) is 3. The molecule has 94 valence electrons. The summed E-state index contributed by atoms with van der Waals surface area (Å²) in [6.45, 7) is 4.05. The van der Waals surface area contributed by atoms with Gasteiger partial charge in [-0.3, -0.25) is 14.7 Å². The number of aromatic nitrogens is 3. The number of amides is 1. The number of nitrogens with one attached hydrogen (secondary N) is 3. The normalized spacial score (nSPS) is 10.6. The fourth-order valence-corrected chi connectivity index (χ4v) is 1.47. The molecule has 0 aliphatic heterocycles. The molecular formula is C12H14N4O2. The van der Waals surface area contributed by atoms with E-state index in [4.69, 9.17) is 0 Å². The Morgan fingerprint density at radius 2 is 2.17 bits per heavy atom. The highest BCUT2D eigenvalue weighted by atomic mass is 16.2. The first-order chi connectivity index (χ1) is 8.56. The SMILES string of the molecule is CC(C)c1cc(NC(=O)c2cc[nH]c(=O)c2)n[nH]1. The Balaban J connectivity index is 2.13. The summed E-state index contributed by atoms with van der Waals surface area (Å²) in [4.78, 5) is 25.4. The summed E-state index contributed by atoms with van der Waals surface area (Å²) in [5, 5.41) is 9.45. The predicted octanol–water partition coefficient (Wildman–Crippen LogP) is 1.47. The smallest absolute Gasteiger partial charge is 0.257 e. The second kappa shape index (κ2) is 4.87. The van der Waals surface area contributed by atoms with Gasteiger partial charge in [-0.1, -0.05) is 13.8 Å². The van der Waals surface area contributed by atoms with Crippen molar-refractivity contribution in [2.45, 2.75) is 19.8 Å². The third-order valence-corrected chi connectivity index (χ3v) is 2.50. The molecule has 0 atom stereocenters. The first-order valence-corrected chi connectivity index (χ1v) is 5.61. The summed E-state index contributed by atoms with van der Waals surface area (Å²) in [5.41, 5.74) is 0.927. The number of pyridine rings is 1. The molecule has 0 bridgehead atoms. The van der Waals surface area contributed by atoms with E-state index in [1.54, 1.807) is 6.07 Å². The van der Waals surface area contributed by atoms with Gasteiger partial charge >= 0.3 is 0 Å². The van der Waals surface area contributed by atoms with Gasteiger partial charge in [0, 0.05) is 29.6 Å². The van der Waals surface area contributed by atoms with Crippen LogP contribution in [0, 0.1) is 0 Å². The summed E-state index contributed by atoms with van der Waals surface area (Å²) in [5.74, 6) is 0.398. The lowest BCUT2D eigenvalue weighted by Crippen LogP contribution is -2.15. The van der Waals surface area contributed by atoms with Crippen LogP contribution in [0.25, 0.3) is 0 Å². The molecule has 2 aromatic rings. The maximum atomic E-state index is 11.8. The van der Waals surface area contributed by atoms with Crippen LogP contribution in [-0.2, 0) is 0 Å². The van der Waals surface area contributed by atoms with E-state index in [-0.39, 0.29) is 11.5 Å². The van der Waals surface area contributed by atoms with Crippen LogP contribution >= 0.6 is 0 Å². The minimum absolute atomic E-state index is 0.299. The van der Waals surface area contributed by atoms with Gasteiger partial charge in [-0.25, -0.2) is 0 Å². The van der Waals surface area contributed by atoms with E-state index >= 15 is 0 Å². The van der Waals surface area contributed by atoms with E-state index in [1.165, 1.54) is 18.3 Å². The van der Waals surface area contributed by atoms with Gasteiger partial charge in [-0.15, -0.1) is 0 Å². The van der Waals surface area contributed by atoms with Crippen molar-refractivity contribution >= 4 is 11.7 Å². The molecule has 0 fully saturated rings. The van der Waals surface area contributed by atoms with Gasteiger partial charge in [0.15, 0.2) is 5.82 Å². The monoisotopic (exact) mass is 246 g/mol. The molecule has 0 saturated carbocycles. The van der Waals surface area contributed by atoms with Gasteiger partial charge in [0.25, 0.3) is 5.91 Å². The second-order valence-electron chi connectivity index (χ2n) is 4.26. The van der Waals surface area contributed by atoms with Crippen LogP contribution in [0.5, 0.6) is 0 Å². The van der Waals surface area contributed by atoms with Gasteiger partial charge in [-0.05, 0) is 12.0 Å². The van der Waals surface area contributed by atoms with Gasteiger partial charge in [0.05, 0.1) is 0 Å². The Morgan fingerprint density at radius 3 is 2.78 bits per heavy atom. The molecule has 18 heavy (non-hydrogen) atoms. The molecule has 0 spiro atoms. The molecule has 1 amide bonds. The first kappa shape index (κ1) is 12.1. The molecule has 2 aromatic heterocycles. The number of aromatic amines is 2. The van der Waals surface area contributed by atoms with Crippen LogP contribution in [-0.4, -0.2) is 21.1 Å². The van der Waals surface area contributed by atoms with Gasteiger partial charge in [-0.2, -0.15) is 5.10 Å². The summed E-state index contributed by atoms with van der Waals surface area (Å²) in [6, 6.07) is 4.55. The van der Waals surface area contributed by atoms with Crippen LogP contribution in [0.2, 0.25) is 0 Å². The van der Waals surface area contributed by atoms with Gasteiger partial charge in [0.2, 0.25) is 5.56 Å². The molecule has 6 heteroatoms. The quantitative estimate of drug-likeness (QED) is 0.766. The molecular weight excluding hydrogens is 232 g/mol. The lowest BCUT2D eigenvalue weighted by molar-refractivity contribution is 0.102. The zero-order chi connectivity index (χ0) is 13.1. The van der Waals surface area contributed by atoms with Crippen molar-refractivity contribution in [3.05, 3.63) is 46.0 Å². The molecule has 3 N–H and O–H groups in total. The third kappa shape index (κ3) is 2.65. The van der Waals surface area contributed by atoms with Gasteiger partial charge < -0.3 is 10.3 Å². The molecule has 0 aliphatic carbocycles. The lowest BCUT2D eigenvalue weighted by atomic mass is 10.1. The highest BCUT2D eigenvalue weighted by molar-refractivity contribution is 6.03. The number of anilines is 1. The molecule has 0 aliphatic rings. The largest absolute Gasteiger partial charge is 0.329 e. The second-order valence-corrected chi connectivity index (χ2v) is 4.26. The summed E-state index contributed by atoms with van der Waals surface area (Å²) in [7, 11) is 0. The van der Waals surface area contributed by atoms with Crippen molar-refractivity contribution in [2.24, 2.45) is 0 Å². The third-order valence-electron chi connectivity index (χ3n) is 2.50. The zero-order valence-corrected chi connectivity index (χ0v) is 10.2. The molecule has 2 heterocycles. The number of hydrogen-bond acceptors (Lipinski definition) is 3. The molecule has 6 nitrogen and oxygen atoms in total. The maximum Gasteiger partial charge on any atom is 0.257 e. The average molecular weight is 246 g/mol. The Morgan fingerprint density at radius 1 is 1.39 bits per heavy atom. The van der Waals surface area contributed by atoms with Crippen LogP contribution in [0.3, 0.4) is 0 Å². The van der Waals surface area contributed by atoms with Gasteiger partial charge in [0.1, 0.15) is 0 Å². The number of carbonyl (C=O) groups excluding carboxylic acids is 1. The van der Waals surface area contributed by atoms with E-state index in [2.05, 4.69) is 20.5 Å². The number of carbonyl (C=O) groups is 1. The molecule has 0 aromatic carbocycles. The van der Waals surface area contributed by atoms with Crippen LogP contribution in [0.15, 0.2) is 29.2 Å². The molecule has 0 unspecified atom stereocenters. The lowest BCUT2D eigenvalue weighted by Gasteiger charge is -2.00. The Hall–Kier alpha value is -2.37. The van der Waals surface area contributed by atoms with Crippen molar-refractivity contribution in [2.75, 3.05) is 5.32 Å². The highest BCUT2D eigenvalue weighted by Crippen LogP contribution is 2.15. The summed E-state index contributed by atoms with van der Waals surface area (Å²) < 4.78 is 0. The van der Waals surface area contributed by atoms with Crippen molar-refractivity contribution in [1.82, 2.24) is 15.2 Å². The summed E-state index contributed by atoms with van der Waals surface area (Å²) >= 11 is 0. The fraction of sp³-hybridized carbons (Fsp3) is 0.250. The van der Waals surface area contributed by atoms with E-state index in [0.29, 0.717) is 17.3 Å². The van der Waals surface area contributed by atoms with Crippen molar-refractivity contribution < 1.29 is 4.79 Å². The Labute approximate surface area is 103 Å². The van der Waals surface area contributed by atoms with Crippen molar-refractivity contribution in [3.63, 3.8) is 0 Å². The number of rotatable bonds is 3. The molecule has 0 saturated heterocycles. The van der Waals surface area contributed by atoms with E-state index in [9.17, 15) is 9.59 Å². The zero-order valence-electron chi connectivity index (χ0n) is 10.2. The average Bonchev–Trinajstić information content (AvgIpc) is 2.77. The van der Waals surface area contributed by atoms with E-state index in [0.717, 1.165) is 5.69 Å². The Kier molecular flexibility index (Phi) is 3.27. The van der Waals surface area contributed by atoms with E-state index in [1.807, 2.05) is 13.8 Å². The minimum Gasteiger partial charge on any atom is -0.329 e. The Bertz CT molecular complexity index is 612. The van der Waals surface area contributed by atoms with Crippen molar-refractivity contribution in [3.8, 4) is 0 Å². The summed E-state index contributed by atoms with van der Waals surface area (Å²) in [6.07, 6.45) is 1.43. The standard InChI is InChI=1S/C12H14N4O2/c1-7(2)9-6-10(16-15-9)14-12(18)8-3-4-13-11(17)5-8/h3-7H,1-2H3,(H,13,17)(H2,14,15,16,18). The van der Waals surface area contributed by atoms with Crippen LogP contribution in [0.4, 0.5) is 5.82 Å². The molecule has 2 rings (SSSR count). The maximum absolute atomic E-state index is 11.8. The first-order valence-electron chi connectivity index (χ1n) is 5.61. The highest BCUT2D eigenvalue weighted by Gasteiger charge is 2.10. The van der Waals surface area contributed by atoms with Crippen LogP contribution in [0.1, 0.15) is 35.8 Å². The molecule has 0 radical (unpaired) electrons. The van der Waals surface area contributed by atoms with E-state index < -0.39 is 0 Å².